The molecule has 0 spiro atoms. The van der Waals surface area contributed by atoms with E-state index >= 15 is 0 Å². The van der Waals surface area contributed by atoms with E-state index in [-0.39, 0.29) is 12.6 Å². The van der Waals surface area contributed by atoms with Crippen LogP contribution < -0.4 is 0 Å². The van der Waals surface area contributed by atoms with Crippen LogP contribution >= 0.6 is 0 Å². The van der Waals surface area contributed by atoms with Crippen molar-refractivity contribution in [3.8, 4) is 0 Å². The van der Waals surface area contributed by atoms with Crippen LogP contribution in [-0.2, 0) is 0 Å². The Kier molecular flexibility index (Phi) is 2.29. The minimum absolute atomic E-state index is 0.179. The van der Waals surface area contributed by atoms with Crippen LogP contribution in [0.2, 0.25) is 0 Å². The van der Waals surface area contributed by atoms with Crippen molar-refractivity contribution in [2.75, 3.05) is 13.2 Å². The zero-order valence-corrected chi connectivity index (χ0v) is 7.24. The van der Waals surface area contributed by atoms with Crippen molar-refractivity contribution in [3.63, 3.8) is 0 Å². The molecule has 76 valence electrons. The molecule has 4 N–H and O–H groups in total. The molecule has 0 aromatic carbocycles. The molecule has 5 atom stereocenters. The molecule has 2 aliphatic heterocycles. The van der Waals surface area contributed by atoms with Crippen molar-refractivity contribution in [1.29, 1.82) is 0 Å². The summed E-state index contributed by atoms with van der Waals surface area (Å²) in [5.74, 6) is 0. The van der Waals surface area contributed by atoms with Gasteiger partial charge in [-0.3, -0.25) is 4.90 Å². The maximum atomic E-state index is 9.57. The molecule has 2 fully saturated rings. The molecule has 2 rings (SSSR count). The summed E-state index contributed by atoms with van der Waals surface area (Å²) in [6, 6.07) is -0.612. The van der Waals surface area contributed by atoms with E-state index in [2.05, 4.69) is 0 Å². The van der Waals surface area contributed by atoms with Crippen LogP contribution in [0.1, 0.15) is 6.42 Å². The van der Waals surface area contributed by atoms with Crippen molar-refractivity contribution in [2.24, 2.45) is 0 Å². The van der Waals surface area contributed by atoms with E-state index in [4.69, 9.17) is 5.11 Å². The number of rotatable bonds is 1. The van der Waals surface area contributed by atoms with Gasteiger partial charge in [0.25, 0.3) is 0 Å². The number of nitrogens with zero attached hydrogens (tertiary/aromatic N) is 1. The van der Waals surface area contributed by atoms with Gasteiger partial charge in [0, 0.05) is 12.6 Å². The van der Waals surface area contributed by atoms with Crippen molar-refractivity contribution < 1.29 is 20.4 Å². The van der Waals surface area contributed by atoms with Crippen molar-refractivity contribution >= 4 is 0 Å². The lowest BCUT2D eigenvalue weighted by Gasteiger charge is -2.22. The first-order valence-corrected chi connectivity index (χ1v) is 4.56. The van der Waals surface area contributed by atoms with E-state index in [9.17, 15) is 15.3 Å². The van der Waals surface area contributed by atoms with Gasteiger partial charge in [-0.1, -0.05) is 0 Å². The predicted molar refractivity (Wildman–Crippen MR) is 44.0 cm³/mol. The highest BCUT2D eigenvalue weighted by atomic mass is 16.3. The summed E-state index contributed by atoms with van der Waals surface area (Å²) in [5, 5.41) is 37.4. The Morgan fingerprint density at radius 1 is 1.15 bits per heavy atom. The molecule has 2 aliphatic rings. The number of fused-ring (bicyclic) bond motifs is 1. The molecule has 2 heterocycles. The van der Waals surface area contributed by atoms with Crippen LogP contribution in [-0.4, -0.2) is 68.9 Å². The third-order valence-electron chi connectivity index (χ3n) is 3.11. The average molecular weight is 189 g/mol. The SMILES string of the molecule is OC[C@@H]1[C@@H](O)[C@H](O)[C@@H]2C[C@@H](O)CN12. The fourth-order valence-corrected chi connectivity index (χ4v) is 2.45. The van der Waals surface area contributed by atoms with E-state index < -0.39 is 24.4 Å². The van der Waals surface area contributed by atoms with Gasteiger partial charge in [0.2, 0.25) is 0 Å². The summed E-state index contributed by atoms with van der Waals surface area (Å²) in [7, 11) is 0. The quantitative estimate of drug-likeness (QED) is 0.367. The minimum Gasteiger partial charge on any atom is -0.395 e. The molecule has 0 bridgehead atoms. The highest BCUT2D eigenvalue weighted by Gasteiger charge is 2.51. The van der Waals surface area contributed by atoms with Gasteiger partial charge in [0.1, 0.15) is 0 Å². The second kappa shape index (κ2) is 3.18. The Hall–Kier alpha value is -0.200. The van der Waals surface area contributed by atoms with Crippen LogP contribution in [0.3, 0.4) is 0 Å². The summed E-state index contributed by atoms with van der Waals surface area (Å²) >= 11 is 0. The van der Waals surface area contributed by atoms with Gasteiger partial charge in [-0.25, -0.2) is 0 Å². The van der Waals surface area contributed by atoms with Crippen LogP contribution in [0.25, 0.3) is 0 Å². The van der Waals surface area contributed by atoms with Gasteiger partial charge < -0.3 is 20.4 Å². The van der Waals surface area contributed by atoms with Crippen LogP contribution in [0.15, 0.2) is 0 Å². The third-order valence-corrected chi connectivity index (χ3v) is 3.11. The van der Waals surface area contributed by atoms with E-state index in [1.165, 1.54) is 0 Å². The second-order valence-electron chi connectivity index (χ2n) is 3.88. The largest absolute Gasteiger partial charge is 0.395 e. The van der Waals surface area contributed by atoms with Crippen LogP contribution in [0.4, 0.5) is 0 Å². The number of hydrogen-bond acceptors (Lipinski definition) is 5. The Balaban J connectivity index is 2.15. The molecule has 13 heavy (non-hydrogen) atoms. The summed E-state index contributed by atoms with van der Waals surface area (Å²) in [5.41, 5.74) is 0. The first-order valence-electron chi connectivity index (χ1n) is 4.56. The maximum absolute atomic E-state index is 9.57. The number of hydrogen-bond donors (Lipinski definition) is 4. The fourth-order valence-electron chi connectivity index (χ4n) is 2.45. The minimum atomic E-state index is -0.887. The van der Waals surface area contributed by atoms with E-state index in [1.54, 1.807) is 4.90 Å². The molecule has 5 heteroatoms. The van der Waals surface area contributed by atoms with Gasteiger partial charge in [0.15, 0.2) is 0 Å². The van der Waals surface area contributed by atoms with Gasteiger partial charge in [-0.2, -0.15) is 0 Å². The van der Waals surface area contributed by atoms with Gasteiger partial charge in [-0.15, -0.1) is 0 Å². The molecule has 0 aliphatic carbocycles. The Morgan fingerprint density at radius 2 is 1.85 bits per heavy atom. The van der Waals surface area contributed by atoms with E-state index in [0.717, 1.165) is 0 Å². The lowest BCUT2D eigenvalue weighted by atomic mass is 10.0. The predicted octanol–water partition coefficient (Wildman–Crippen LogP) is -2.48. The van der Waals surface area contributed by atoms with Crippen molar-refractivity contribution in [3.05, 3.63) is 0 Å². The normalized spacial score (nSPS) is 51.2. The highest BCUT2D eigenvalue weighted by Crippen LogP contribution is 2.32. The van der Waals surface area contributed by atoms with Crippen molar-refractivity contribution in [1.82, 2.24) is 4.90 Å². The van der Waals surface area contributed by atoms with Gasteiger partial charge in [-0.05, 0) is 6.42 Å². The molecule has 5 nitrogen and oxygen atoms in total. The van der Waals surface area contributed by atoms with Gasteiger partial charge in [0.05, 0.1) is 31.0 Å². The monoisotopic (exact) mass is 189 g/mol. The Labute approximate surface area is 76.2 Å². The summed E-state index contributed by atoms with van der Waals surface area (Å²) in [6.07, 6.45) is -1.69. The van der Waals surface area contributed by atoms with Crippen LogP contribution in [0.5, 0.6) is 0 Å². The summed E-state index contributed by atoms with van der Waals surface area (Å²) in [6.45, 7) is 0.255. The smallest absolute Gasteiger partial charge is 0.0991 e. The molecule has 0 amide bonds. The summed E-state index contributed by atoms with van der Waals surface area (Å²) in [4.78, 5) is 1.79. The summed E-state index contributed by atoms with van der Waals surface area (Å²) < 4.78 is 0. The Morgan fingerprint density at radius 3 is 2.46 bits per heavy atom. The molecule has 0 saturated carbocycles. The zero-order chi connectivity index (χ0) is 9.59. The van der Waals surface area contributed by atoms with E-state index in [1.807, 2.05) is 0 Å². The molecule has 0 unspecified atom stereocenters. The zero-order valence-electron chi connectivity index (χ0n) is 7.24. The Bertz CT molecular complexity index is 199. The molecule has 0 radical (unpaired) electrons. The first kappa shape index (κ1) is 9.36. The second-order valence-corrected chi connectivity index (χ2v) is 3.88. The molecule has 2 saturated heterocycles. The lowest BCUT2D eigenvalue weighted by molar-refractivity contribution is 0.00859. The molecule has 0 aromatic heterocycles. The standard InChI is InChI=1S/C8H15NO4/c10-3-6-8(13)7(12)5-1-4(11)2-9(5)6/h4-8,10-13H,1-3H2/t4-,5+,6-,7-,8-/m1/s1. The first-order chi connectivity index (χ1) is 6.15. The van der Waals surface area contributed by atoms with E-state index in [0.29, 0.717) is 13.0 Å². The topological polar surface area (TPSA) is 84.2 Å². The number of aliphatic hydroxyl groups excluding tert-OH is 4. The highest BCUT2D eigenvalue weighted by molar-refractivity contribution is 5.05. The fraction of sp³-hybridized carbons (Fsp3) is 1.00. The third kappa shape index (κ3) is 1.28. The molecular weight excluding hydrogens is 174 g/mol. The van der Waals surface area contributed by atoms with Crippen molar-refractivity contribution in [2.45, 2.75) is 36.8 Å². The maximum Gasteiger partial charge on any atom is 0.0991 e. The van der Waals surface area contributed by atoms with Gasteiger partial charge >= 0.3 is 0 Å². The molecular formula is C8H15NO4. The van der Waals surface area contributed by atoms with Crippen LogP contribution in [0, 0.1) is 0 Å². The average Bonchev–Trinajstić information content (AvgIpc) is 2.54. The lowest BCUT2D eigenvalue weighted by Crippen LogP contribution is -2.40. The molecule has 0 aromatic rings. The number of aliphatic hydroxyl groups is 4.